The molecule has 1 saturated heterocycles. The first-order valence-corrected chi connectivity index (χ1v) is 4.68. The molecule has 3 heteroatoms. The Kier molecular flexibility index (Phi) is 2.45. The van der Waals surface area contributed by atoms with Crippen molar-refractivity contribution in [2.24, 2.45) is 0 Å². The third kappa shape index (κ3) is 1.98. The molecule has 0 unspecified atom stereocenters. The number of pyridine rings is 1. The van der Waals surface area contributed by atoms with E-state index in [0.717, 1.165) is 26.2 Å². The fourth-order valence-corrected chi connectivity index (χ4v) is 1.62. The van der Waals surface area contributed by atoms with Crippen LogP contribution in [0.5, 0.6) is 0 Å². The van der Waals surface area contributed by atoms with Gasteiger partial charge in [0.25, 0.3) is 0 Å². The summed E-state index contributed by atoms with van der Waals surface area (Å²) in [6.45, 7) is 4.42. The molecule has 0 spiro atoms. The van der Waals surface area contributed by atoms with Gasteiger partial charge in [-0.3, -0.25) is 4.98 Å². The second kappa shape index (κ2) is 3.75. The summed E-state index contributed by atoms with van der Waals surface area (Å²) in [6, 6.07) is 4.10. The Morgan fingerprint density at radius 1 is 1.38 bits per heavy atom. The van der Waals surface area contributed by atoms with Crippen molar-refractivity contribution in [2.45, 2.75) is 0 Å². The summed E-state index contributed by atoms with van der Waals surface area (Å²) in [5.74, 6) is 0. The average Bonchev–Trinajstić information content (AvgIpc) is 2.20. The van der Waals surface area contributed by atoms with Gasteiger partial charge in [-0.25, -0.2) is 0 Å². The number of nitrogens with one attached hydrogen (secondary N) is 1. The highest BCUT2D eigenvalue weighted by atomic mass is 15.2. The minimum Gasteiger partial charge on any atom is -0.465 e. The molecule has 2 rings (SSSR count). The van der Waals surface area contributed by atoms with Crippen LogP contribution in [0.2, 0.25) is 0 Å². The van der Waals surface area contributed by atoms with Crippen molar-refractivity contribution in [3.8, 4) is 0 Å². The molecule has 1 aliphatic rings. The Hall–Kier alpha value is -1.09. The summed E-state index contributed by atoms with van der Waals surface area (Å²) >= 11 is 0. The molecule has 1 N–H and O–H groups in total. The van der Waals surface area contributed by atoms with Crippen LogP contribution in [-0.2, 0) is 0 Å². The molecule has 0 aromatic carbocycles. The van der Waals surface area contributed by atoms with Crippen molar-refractivity contribution in [3.63, 3.8) is 0 Å². The molecule has 0 atom stereocenters. The standard InChI is InChI=1S/C10H15N3/c1-12-5-7-13(8-6-12)10-3-2-4-11-9-10/h2-4,9,12H,1,5-8H2. The van der Waals surface area contributed by atoms with Crippen molar-refractivity contribution < 1.29 is 4.90 Å². The van der Waals surface area contributed by atoms with Gasteiger partial charge in [-0.05, 0) is 12.1 Å². The summed E-state index contributed by atoms with van der Waals surface area (Å²) in [6.07, 6.45) is 3.74. The Morgan fingerprint density at radius 3 is 2.77 bits per heavy atom. The molecule has 0 radical (unpaired) electrons. The fourth-order valence-electron chi connectivity index (χ4n) is 1.62. The number of piperazine rings is 1. The lowest BCUT2D eigenvalue weighted by Crippen LogP contribution is -3.10. The summed E-state index contributed by atoms with van der Waals surface area (Å²) in [7, 11) is 4.00. The van der Waals surface area contributed by atoms with E-state index in [0.29, 0.717) is 0 Å². The molecule has 0 aliphatic carbocycles. The topological polar surface area (TPSA) is 20.6 Å². The zero-order chi connectivity index (χ0) is 9.10. The molecule has 1 aromatic heterocycles. The molecular weight excluding hydrogens is 162 g/mol. The number of hydrogen-bond donors (Lipinski definition) is 1. The summed E-state index contributed by atoms with van der Waals surface area (Å²) in [4.78, 5) is 7.85. The molecule has 0 bridgehead atoms. The highest BCUT2D eigenvalue weighted by Crippen LogP contribution is 2.10. The minimum absolute atomic E-state index is 1.09. The van der Waals surface area contributed by atoms with Crippen molar-refractivity contribution in [3.05, 3.63) is 31.6 Å². The number of rotatable bonds is 1. The van der Waals surface area contributed by atoms with E-state index in [9.17, 15) is 0 Å². The van der Waals surface area contributed by atoms with Crippen LogP contribution in [0.4, 0.5) is 5.69 Å². The van der Waals surface area contributed by atoms with Crippen LogP contribution in [0, 0.1) is 7.05 Å². The summed E-state index contributed by atoms with van der Waals surface area (Å²) in [5.41, 5.74) is 1.23. The van der Waals surface area contributed by atoms with Gasteiger partial charge >= 0.3 is 0 Å². The van der Waals surface area contributed by atoms with Crippen molar-refractivity contribution in [1.82, 2.24) is 4.98 Å². The zero-order valence-electron chi connectivity index (χ0n) is 7.74. The second-order valence-corrected chi connectivity index (χ2v) is 3.45. The molecule has 0 amide bonds. The maximum atomic E-state index is 4.11. The maximum Gasteiger partial charge on any atom is 0.0709 e. The lowest BCUT2D eigenvalue weighted by molar-refractivity contribution is -0.854. The van der Waals surface area contributed by atoms with Gasteiger partial charge in [0, 0.05) is 6.20 Å². The molecule has 70 valence electrons. The van der Waals surface area contributed by atoms with Crippen molar-refractivity contribution in [1.29, 1.82) is 0 Å². The molecule has 3 nitrogen and oxygen atoms in total. The second-order valence-electron chi connectivity index (χ2n) is 3.45. The molecule has 1 fully saturated rings. The predicted molar refractivity (Wildman–Crippen MR) is 52.5 cm³/mol. The van der Waals surface area contributed by atoms with Crippen molar-refractivity contribution >= 4 is 5.69 Å². The quantitative estimate of drug-likeness (QED) is 0.588. The normalized spacial score (nSPS) is 19.0. The van der Waals surface area contributed by atoms with Gasteiger partial charge in [0.1, 0.15) is 0 Å². The smallest absolute Gasteiger partial charge is 0.0709 e. The average molecular weight is 177 g/mol. The number of quaternary nitrogens is 1. The molecular formula is C10H15N3. The molecule has 13 heavy (non-hydrogen) atoms. The first kappa shape index (κ1) is 8.51. The highest BCUT2D eigenvalue weighted by Gasteiger charge is 2.13. The number of hydrogen-bond acceptors (Lipinski definition) is 2. The fraction of sp³-hybridized carbons (Fsp3) is 0.400. The van der Waals surface area contributed by atoms with Gasteiger partial charge in [-0.2, -0.15) is 7.05 Å². The van der Waals surface area contributed by atoms with E-state index in [2.05, 4.69) is 23.0 Å². The first-order valence-electron chi connectivity index (χ1n) is 4.68. The van der Waals surface area contributed by atoms with E-state index in [-0.39, 0.29) is 0 Å². The first-order chi connectivity index (χ1) is 6.36. The largest absolute Gasteiger partial charge is 0.465 e. The van der Waals surface area contributed by atoms with E-state index in [4.69, 9.17) is 0 Å². The third-order valence-corrected chi connectivity index (χ3v) is 2.48. The van der Waals surface area contributed by atoms with E-state index in [1.165, 1.54) is 10.6 Å². The summed E-state index contributed by atoms with van der Waals surface area (Å²) < 4.78 is 0. The molecule has 1 aromatic rings. The SMILES string of the molecule is [CH2-][NH+]1CCN(c2cccnc2)CC1. The van der Waals surface area contributed by atoms with Crippen LogP contribution in [-0.4, -0.2) is 31.2 Å². The monoisotopic (exact) mass is 177 g/mol. The van der Waals surface area contributed by atoms with Crippen LogP contribution in [0.15, 0.2) is 24.5 Å². The number of aromatic nitrogens is 1. The lowest BCUT2D eigenvalue weighted by atomic mass is 10.3. The van der Waals surface area contributed by atoms with E-state index >= 15 is 0 Å². The Balaban J connectivity index is 2.03. The van der Waals surface area contributed by atoms with Gasteiger partial charge in [0.2, 0.25) is 0 Å². The maximum absolute atomic E-state index is 4.11. The highest BCUT2D eigenvalue weighted by molar-refractivity contribution is 5.43. The third-order valence-electron chi connectivity index (χ3n) is 2.48. The molecule has 2 heterocycles. The molecule has 1 aliphatic heterocycles. The Labute approximate surface area is 79.0 Å². The predicted octanol–water partition coefficient (Wildman–Crippen LogP) is -0.422. The number of nitrogens with zero attached hydrogens (tertiary/aromatic N) is 2. The van der Waals surface area contributed by atoms with Crippen molar-refractivity contribution in [2.75, 3.05) is 31.1 Å². The minimum atomic E-state index is 1.09. The zero-order valence-corrected chi connectivity index (χ0v) is 7.74. The van der Waals surface area contributed by atoms with Crippen LogP contribution >= 0.6 is 0 Å². The van der Waals surface area contributed by atoms with Gasteiger partial charge in [-0.1, -0.05) is 0 Å². The van der Waals surface area contributed by atoms with E-state index in [1.54, 1.807) is 0 Å². The van der Waals surface area contributed by atoms with Crippen LogP contribution in [0.25, 0.3) is 0 Å². The van der Waals surface area contributed by atoms with Crippen LogP contribution < -0.4 is 9.80 Å². The van der Waals surface area contributed by atoms with Crippen LogP contribution in [0.3, 0.4) is 0 Å². The van der Waals surface area contributed by atoms with E-state index in [1.807, 2.05) is 18.5 Å². The summed E-state index contributed by atoms with van der Waals surface area (Å²) in [5, 5.41) is 0. The van der Waals surface area contributed by atoms with Gasteiger partial charge in [0.05, 0.1) is 38.1 Å². The lowest BCUT2D eigenvalue weighted by Gasteiger charge is -2.34. The number of anilines is 1. The van der Waals surface area contributed by atoms with Gasteiger partial charge in [-0.15, -0.1) is 0 Å². The van der Waals surface area contributed by atoms with Gasteiger partial charge < -0.3 is 9.80 Å². The Morgan fingerprint density at radius 2 is 2.15 bits per heavy atom. The van der Waals surface area contributed by atoms with E-state index < -0.39 is 0 Å². The van der Waals surface area contributed by atoms with Crippen LogP contribution in [0.1, 0.15) is 0 Å². The van der Waals surface area contributed by atoms with Gasteiger partial charge in [0.15, 0.2) is 0 Å². The molecule has 0 saturated carbocycles. The Bertz CT molecular complexity index is 252.